The Balaban J connectivity index is 1.45. The van der Waals surface area contributed by atoms with Crippen molar-refractivity contribution in [3.05, 3.63) is 77.4 Å². The molecule has 0 bridgehead atoms. The second kappa shape index (κ2) is 10.8. The third-order valence-electron chi connectivity index (χ3n) is 6.78. The van der Waals surface area contributed by atoms with E-state index in [1.807, 2.05) is 43.3 Å². The number of aryl methyl sites for hydroxylation is 1. The van der Waals surface area contributed by atoms with E-state index in [2.05, 4.69) is 57.3 Å². The van der Waals surface area contributed by atoms with Crippen LogP contribution in [0.5, 0.6) is 5.75 Å². The van der Waals surface area contributed by atoms with E-state index in [9.17, 15) is 4.79 Å². The Labute approximate surface area is 207 Å². The van der Waals surface area contributed by atoms with E-state index in [4.69, 9.17) is 14.1 Å². The third-order valence-corrected chi connectivity index (χ3v) is 6.78. The Hall–Kier alpha value is -3.60. The molecular weight excluding hydrogens is 436 g/mol. The number of anilines is 1. The highest BCUT2D eigenvalue weighted by atomic mass is 16.5. The van der Waals surface area contributed by atoms with Gasteiger partial charge in [-0.3, -0.25) is 4.79 Å². The zero-order valence-corrected chi connectivity index (χ0v) is 21.2. The molecule has 1 aromatic heterocycles. The third kappa shape index (κ3) is 5.73. The Morgan fingerprint density at radius 1 is 0.943 bits per heavy atom. The van der Waals surface area contributed by atoms with Crippen LogP contribution < -0.4 is 10.1 Å². The summed E-state index contributed by atoms with van der Waals surface area (Å²) in [6.07, 6.45) is 2.16. The molecule has 35 heavy (non-hydrogen) atoms. The molecule has 5 nitrogen and oxygen atoms in total. The smallest absolute Gasteiger partial charge is 0.262 e. The molecule has 0 aliphatic heterocycles. The lowest BCUT2D eigenvalue weighted by molar-refractivity contribution is -0.118. The van der Waals surface area contributed by atoms with Crippen LogP contribution in [-0.2, 0) is 4.79 Å². The molecule has 5 heteroatoms. The summed E-state index contributed by atoms with van der Waals surface area (Å²) in [7, 11) is 0. The van der Waals surface area contributed by atoms with Crippen molar-refractivity contribution in [1.82, 2.24) is 4.98 Å². The molecular formula is C30H34N2O3. The van der Waals surface area contributed by atoms with Crippen LogP contribution in [0, 0.1) is 6.92 Å². The molecule has 1 amide bonds. The van der Waals surface area contributed by atoms with Crippen LogP contribution in [0.2, 0.25) is 0 Å². The van der Waals surface area contributed by atoms with Crippen LogP contribution in [-0.4, -0.2) is 17.5 Å². The van der Waals surface area contributed by atoms with Crippen LogP contribution >= 0.6 is 0 Å². The van der Waals surface area contributed by atoms with Gasteiger partial charge in [-0.2, -0.15) is 0 Å². The number of benzene rings is 3. The van der Waals surface area contributed by atoms with E-state index in [1.54, 1.807) is 0 Å². The first-order chi connectivity index (χ1) is 16.9. The summed E-state index contributed by atoms with van der Waals surface area (Å²) in [5.74, 6) is 1.98. The molecule has 0 aliphatic carbocycles. The lowest BCUT2D eigenvalue weighted by Crippen LogP contribution is -2.20. The Morgan fingerprint density at radius 2 is 1.63 bits per heavy atom. The van der Waals surface area contributed by atoms with E-state index in [1.165, 1.54) is 11.1 Å². The molecule has 0 saturated carbocycles. The Morgan fingerprint density at radius 3 is 2.34 bits per heavy atom. The minimum atomic E-state index is -0.216. The quantitative estimate of drug-likeness (QED) is 0.270. The van der Waals surface area contributed by atoms with Crippen LogP contribution in [0.4, 0.5) is 5.69 Å². The summed E-state index contributed by atoms with van der Waals surface area (Å²) in [6, 6.07) is 19.9. The minimum Gasteiger partial charge on any atom is -0.484 e. The van der Waals surface area contributed by atoms with E-state index in [-0.39, 0.29) is 12.5 Å². The number of ether oxygens (including phenoxy) is 1. The van der Waals surface area contributed by atoms with Crippen molar-refractivity contribution < 1.29 is 13.9 Å². The Bertz CT molecular complexity index is 1310. The van der Waals surface area contributed by atoms with Crippen molar-refractivity contribution in [2.24, 2.45) is 0 Å². The second-order valence-corrected chi connectivity index (χ2v) is 9.30. The van der Waals surface area contributed by atoms with E-state index in [0.717, 1.165) is 35.1 Å². The summed E-state index contributed by atoms with van der Waals surface area (Å²) < 4.78 is 11.7. The largest absolute Gasteiger partial charge is 0.484 e. The van der Waals surface area contributed by atoms with Crippen LogP contribution in [0.3, 0.4) is 0 Å². The number of carbonyl (C=O) groups is 1. The average Bonchev–Trinajstić information content (AvgIpc) is 3.31. The molecule has 3 aromatic carbocycles. The molecule has 182 valence electrons. The van der Waals surface area contributed by atoms with E-state index >= 15 is 0 Å². The fourth-order valence-electron chi connectivity index (χ4n) is 3.96. The first-order valence-electron chi connectivity index (χ1n) is 12.4. The summed E-state index contributed by atoms with van der Waals surface area (Å²) in [5, 5.41) is 2.96. The highest BCUT2D eigenvalue weighted by molar-refractivity contribution is 5.93. The molecule has 0 aliphatic rings. The molecule has 4 rings (SSSR count). The normalized spacial score (nSPS) is 12.9. The summed E-state index contributed by atoms with van der Waals surface area (Å²) in [6.45, 7) is 10.7. The molecule has 0 spiro atoms. The fraction of sp³-hybridized carbons (Fsp3) is 0.333. The van der Waals surface area contributed by atoms with E-state index in [0.29, 0.717) is 29.2 Å². The lowest BCUT2D eigenvalue weighted by atomic mass is 9.98. The SMILES string of the molecule is CCC(C)c1ccc(OCC(=O)Nc2cc(-c3nc4cc(C(C)CC)ccc4o3)ccc2C)cc1. The zero-order valence-electron chi connectivity index (χ0n) is 21.2. The topological polar surface area (TPSA) is 64.4 Å². The van der Waals surface area contributed by atoms with Gasteiger partial charge in [0.15, 0.2) is 12.2 Å². The molecule has 2 unspecified atom stereocenters. The first-order valence-corrected chi connectivity index (χ1v) is 12.4. The maximum atomic E-state index is 12.6. The second-order valence-electron chi connectivity index (χ2n) is 9.30. The minimum absolute atomic E-state index is 0.0619. The predicted octanol–water partition coefficient (Wildman–Crippen LogP) is 7.85. The number of amides is 1. The first kappa shape index (κ1) is 24.5. The number of hydrogen-bond donors (Lipinski definition) is 1. The zero-order chi connectivity index (χ0) is 24.9. The summed E-state index contributed by atoms with van der Waals surface area (Å²) >= 11 is 0. The molecule has 4 aromatic rings. The van der Waals surface area contributed by atoms with E-state index < -0.39 is 0 Å². The van der Waals surface area contributed by atoms with Gasteiger partial charge in [0.25, 0.3) is 5.91 Å². The molecule has 2 atom stereocenters. The molecule has 0 saturated heterocycles. The highest BCUT2D eigenvalue weighted by Gasteiger charge is 2.14. The van der Waals surface area contributed by atoms with Gasteiger partial charge in [0.05, 0.1) is 0 Å². The number of oxazole rings is 1. The predicted molar refractivity (Wildman–Crippen MR) is 142 cm³/mol. The van der Waals surface area contributed by atoms with Gasteiger partial charge >= 0.3 is 0 Å². The van der Waals surface area contributed by atoms with Crippen molar-refractivity contribution in [3.63, 3.8) is 0 Å². The standard InChI is InChI=1S/C30H34N2O3/c1-6-19(3)22-10-13-25(14-11-22)34-18-29(33)31-26-17-24(9-8-21(26)5)30-32-27-16-23(20(4)7-2)12-15-28(27)35-30/h8-17,19-20H,6-7,18H2,1-5H3,(H,31,33). The maximum Gasteiger partial charge on any atom is 0.262 e. The van der Waals surface area contributed by atoms with Crippen LogP contribution in [0.1, 0.15) is 69.1 Å². The number of rotatable bonds is 9. The number of carbonyl (C=O) groups excluding carboxylic acids is 1. The lowest BCUT2D eigenvalue weighted by Gasteiger charge is -2.12. The summed E-state index contributed by atoms with van der Waals surface area (Å²) in [4.78, 5) is 17.3. The van der Waals surface area contributed by atoms with Gasteiger partial charge in [0, 0.05) is 11.3 Å². The molecule has 1 heterocycles. The average molecular weight is 471 g/mol. The van der Waals surface area contributed by atoms with Gasteiger partial charge in [-0.25, -0.2) is 4.98 Å². The monoisotopic (exact) mass is 470 g/mol. The molecule has 0 radical (unpaired) electrons. The van der Waals surface area contributed by atoms with Crippen molar-refractivity contribution in [3.8, 4) is 17.2 Å². The van der Waals surface area contributed by atoms with Crippen molar-refractivity contribution in [1.29, 1.82) is 0 Å². The van der Waals surface area contributed by atoms with Gasteiger partial charge in [-0.05, 0) is 84.7 Å². The highest BCUT2D eigenvalue weighted by Crippen LogP contribution is 2.30. The number of nitrogens with one attached hydrogen (secondary N) is 1. The number of fused-ring (bicyclic) bond motifs is 1. The van der Waals surface area contributed by atoms with Gasteiger partial charge in [-0.1, -0.05) is 52.0 Å². The maximum absolute atomic E-state index is 12.6. The van der Waals surface area contributed by atoms with Gasteiger partial charge in [0.1, 0.15) is 11.3 Å². The fourth-order valence-corrected chi connectivity index (χ4v) is 3.96. The van der Waals surface area contributed by atoms with Gasteiger partial charge in [0.2, 0.25) is 5.89 Å². The van der Waals surface area contributed by atoms with Crippen molar-refractivity contribution in [2.75, 3.05) is 11.9 Å². The Kier molecular flexibility index (Phi) is 7.54. The van der Waals surface area contributed by atoms with Gasteiger partial charge in [-0.15, -0.1) is 0 Å². The van der Waals surface area contributed by atoms with Gasteiger partial charge < -0.3 is 14.5 Å². The van der Waals surface area contributed by atoms with Crippen LogP contribution in [0.15, 0.2) is 65.1 Å². The van der Waals surface area contributed by atoms with Crippen molar-refractivity contribution in [2.45, 2.75) is 59.3 Å². The number of aromatic nitrogens is 1. The molecule has 1 N–H and O–H groups in total. The molecule has 0 fully saturated rings. The number of nitrogens with zero attached hydrogens (tertiary/aromatic N) is 1. The number of hydrogen-bond acceptors (Lipinski definition) is 4. The van der Waals surface area contributed by atoms with Crippen molar-refractivity contribution >= 4 is 22.7 Å². The summed E-state index contributed by atoms with van der Waals surface area (Å²) in [5.41, 5.74) is 6.61. The van der Waals surface area contributed by atoms with Crippen LogP contribution in [0.25, 0.3) is 22.6 Å².